The van der Waals surface area contributed by atoms with Gasteiger partial charge in [-0.2, -0.15) is 0 Å². The SMILES string of the molecule is CCOC1CCCN(CCN2CCn3c(c(C4CCCCC4)c4ccc(C(=O)O)cc43)-c3ccc(Cl)cc32)C1. The van der Waals surface area contributed by atoms with E-state index < -0.39 is 5.97 Å². The van der Waals surface area contributed by atoms with Gasteiger partial charge in [-0.3, -0.25) is 4.90 Å². The number of carboxylic acids is 1. The van der Waals surface area contributed by atoms with E-state index in [0.717, 1.165) is 62.8 Å². The number of anilines is 1. The first-order valence-electron chi connectivity index (χ1n) is 14.8. The molecule has 1 aliphatic carbocycles. The zero-order chi connectivity index (χ0) is 26.9. The molecule has 0 radical (unpaired) electrons. The first kappa shape index (κ1) is 26.7. The molecule has 6 nitrogen and oxygen atoms in total. The van der Waals surface area contributed by atoms with E-state index in [-0.39, 0.29) is 0 Å². The summed E-state index contributed by atoms with van der Waals surface area (Å²) in [6.45, 7) is 8.56. The van der Waals surface area contributed by atoms with Gasteiger partial charge in [0.1, 0.15) is 0 Å². The predicted molar refractivity (Wildman–Crippen MR) is 158 cm³/mol. The van der Waals surface area contributed by atoms with Gasteiger partial charge in [-0.1, -0.05) is 36.9 Å². The Morgan fingerprint density at radius 3 is 2.64 bits per heavy atom. The highest BCUT2D eigenvalue weighted by Crippen LogP contribution is 2.47. The second kappa shape index (κ2) is 11.5. The van der Waals surface area contributed by atoms with Crippen LogP contribution in [0.3, 0.4) is 0 Å². The van der Waals surface area contributed by atoms with Crippen LogP contribution in [0.2, 0.25) is 5.02 Å². The van der Waals surface area contributed by atoms with Gasteiger partial charge in [0.25, 0.3) is 0 Å². The van der Waals surface area contributed by atoms with Crippen molar-refractivity contribution < 1.29 is 14.6 Å². The molecule has 1 unspecified atom stereocenters. The van der Waals surface area contributed by atoms with Crippen molar-refractivity contribution in [1.82, 2.24) is 9.47 Å². The molecule has 1 aromatic heterocycles. The van der Waals surface area contributed by atoms with Crippen molar-refractivity contribution in [3.8, 4) is 11.3 Å². The van der Waals surface area contributed by atoms with E-state index in [0.29, 0.717) is 17.6 Å². The number of rotatable bonds is 7. The Morgan fingerprint density at radius 2 is 1.85 bits per heavy atom. The summed E-state index contributed by atoms with van der Waals surface area (Å²) in [6.07, 6.45) is 8.85. The van der Waals surface area contributed by atoms with Crippen LogP contribution < -0.4 is 4.90 Å². The lowest BCUT2D eigenvalue weighted by molar-refractivity contribution is 0.00677. The van der Waals surface area contributed by atoms with Crippen LogP contribution in [-0.2, 0) is 11.3 Å². The number of aromatic nitrogens is 1. The summed E-state index contributed by atoms with van der Waals surface area (Å²) in [4.78, 5) is 17.0. The van der Waals surface area contributed by atoms with E-state index in [2.05, 4.69) is 39.5 Å². The first-order valence-corrected chi connectivity index (χ1v) is 15.2. The molecule has 6 rings (SSSR count). The molecule has 2 aromatic carbocycles. The van der Waals surface area contributed by atoms with Crippen LogP contribution in [0.1, 0.15) is 73.7 Å². The maximum Gasteiger partial charge on any atom is 0.335 e. The zero-order valence-electron chi connectivity index (χ0n) is 23.0. The number of ether oxygens (including phenoxy) is 1. The zero-order valence-corrected chi connectivity index (χ0v) is 23.8. The molecule has 0 spiro atoms. The number of hydrogen-bond donors (Lipinski definition) is 1. The first-order chi connectivity index (χ1) is 19.0. The topological polar surface area (TPSA) is 57.9 Å². The standard InChI is InChI=1S/C32H40ClN3O3/c1-2-39-25-9-6-14-34(21-25)15-16-35-17-18-36-29-19-23(32(37)38)10-12-26(29)30(22-7-4-3-5-8-22)31(36)27-13-11-24(33)20-28(27)35/h10-13,19-20,22,25H,2-9,14-18,21H2,1H3,(H,37,38). The number of halogens is 1. The summed E-state index contributed by atoms with van der Waals surface area (Å²) < 4.78 is 8.36. The second-order valence-electron chi connectivity index (χ2n) is 11.5. The fourth-order valence-electron chi connectivity index (χ4n) is 7.23. The minimum atomic E-state index is -0.874. The highest BCUT2D eigenvalue weighted by Gasteiger charge is 2.31. The molecule has 3 aromatic rings. The van der Waals surface area contributed by atoms with Gasteiger partial charge in [-0.15, -0.1) is 0 Å². The Kier molecular flexibility index (Phi) is 7.88. The van der Waals surface area contributed by atoms with Gasteiger partial charge < -0.3 is 19.3 Å². The minimum Gasteiger partial charge on any atom is -0.478 e. The normalized spacial score (nSPS) is 20.6. The van der Waals surface area contributed by atoms with Crippen molar-refractivity contribution in [2.45, 2.75) is 70.4 Å². The highest BCUT2D eigenvalue weighted by atomic mass is 35.5. The lowest BCUT2D eigenvalue weighted by atomic mass is 9.81. The van der Waals surface area contributed by atoms with Gasteiger partial charge in [-0.05, 0) is 81.0 Å². The molecule has 1 atom stereocenters. The Bertz CT molecular complexity index is 1340. The van der Waals surface area contributed by atoms with E-state index in [1.54, 1.807) is 6.07 Å². The smallest absolute Gasteiger partial charge is 0.335 e. The van der Waals surface area contributed by atoms with E-state index >= 15 is 0 Å². The lowest BCUT2D eigenvalue weighted by Gasteiger charge is -2.34. The molecule has 7 heteroatoms. The van der Waals surface area contributed by atoms with Crippen molar-refractivity contribution in [3.63, 3.8) is 0 Å². The number of likely N-dealkylation sites (tertiary alicyclic amines) is 1. The monoisotopic (exact) mass is 549 g/mol. The van der Waals surface area contributed by atoms with Gasteiger partial charge in [0.05, 0.1) is 17.4 Å². The fraction of sp³-hybridized carbons (Fsp3) is 0.531. The van der Waals surface area contributed by atoms with Gasteiger partial charge >= 0.3 is 5.97 Å². The molecule has 3 heterocycles. The van der Waals surface area contributed by atoms with Gasteiger partial charge in [0.2, 0.25) is 0 Å². The molecule has 39 heavy (non-hydrogen) atoms. The Morgan fingerprint density at radius 1 is 1.00 bits per heavy atom. The van der Waals surface area contributed by atoms with E-state index in [9.17, 15) is 9.90 Å². The van der Waals surface area contributed by atoms with Crippen LogP contribution in [0, 0.1) is 0 Å². The summed E-state index contributed by atoms with van der Waals surface area (Å²) >= 11 is 6.62. The molecule has 1 saturated carbocycles. The third-order valence-corrected chi connectivity index (χ3v) is 9.30. The maximum atomic E-state index is 11.9. The molecule has 2 fully saturated rings. The average molecular weight is 550 g/mol. The van der Waals surface area contributed by atoms with E-state index in [1.165, 1.54) is 66.4 Å². The summed E-state index contributed by atoms with van der Waals surface area (Å²) in [5, 5.41) is 11.8. The average Bonchev–Trinajstić information content (AvgIpc) is 3.18. The maximum absolute atomic E-state index is 11.9. The Hall–Kier alpha value is -2.54. The van der Waals surface area contributed by atoms with E-state index in [4.69, 9.17) is 16.3 Å². The number of benzene rings is 2. The van der Waals surface area contributed by atoms with Crippen LogP contribution in [0.15, 0.2) is 36.4 Å². The molecule has 0 bridgehead atoms. The second-order valence-corrected chi connectivity index (χ2v) is 11.9. The van der Waals surface area contributed by atoms with Crippen LogP contribution in [-0.4, -0.2) is 66.0 Å². The van der Waals surface area contributed by atoms with Crippen LogP contribution >= 0.6 is 11.6 Å². The Balaban J connectivity index is 1.40. The molecular weight excluding hydrogens is 510 g/mol. The number of carbonyl (C=O) groups is 1. The molecule has 2 aliphatic heterocycles. The van der Waals surface area contributed by atoms with Gasteiger partial charge in [0.15, 0.2) is 0 Å². The van der Waals surface area contributed by atoms with Crippen molar-refractivity contribution >= 4 is 34.2 Å². The predicted octanol–water partition coefficient (Wildman–Crippen LogP) is 7.03. The summed E-state index contributed by atoms with van der Waals surface area (Å²) in [7, 11) is 0. The minimum absolute atomic E-state index is 0.336. The number of nitrogens with zero attached hydrogens (tertiary/aromatic N) is 3. The van der Waals surface area contributed by atoms with Crippen LogP contribution in [0.5, 0.6) is 0 Å². The molecule has 208 valence electrons. The number of aromatic carboxylic acids is 1. The van der Waals surface area contributed by atoms with Crippen molar-refractivity contribution in [2.24, 2.45) is 0 Å². The van der Waals surface area contributed by atoms with Crippen molar-refractivity contribution in [3.05, 3.63) is 52.5 Å². The van der Waals surface area contributed by atoms with E-state index in [1.807, 2.05) is 12.1 Å². The molecule has 0 amide bonds. The largest absolute Gasteiger partial charge is 0.478 e. The van der Waals surface area contributed by atoms with Gasteiger partial charge in [0, 0.05) is 66.5 Å². The van der Waals surface area contributed by atoms with Crippen LogP contribution in [0.25, 0.3) is 22.2 Å². The third kappa shape index (κ3) is 5.31. The molecule has 3 aliphatic rings. The number of piperidine rings is 1. The summed E-state index contributed by atoms with van der Waals surface area (Å²) in [6, 6.07) is 12.1. The van der Waals surface area contributed by atoms with Crippen molar-refractivity contribution in [2.75, 3.05) is 44.2 Å². The summed E-state index contributed by atoms with van der Waals surface area (Å²) in [5.41, 5.74) is 6.48. The molecular formula is C32H40ClN3O3. The number of hydrogen-bond acceptors (Lipinski definition) is 4. The number of carboxylic acid groups (broad SMARTS) is 1. The molecule has 1 N–H and O–H groups in total. The van der Waals surface area contributed by atoms with Crippen molar-refractivity contribution in [1.29, 1.82) is 0 Å². The molecule has 1 saturated heterocycles. The fourth-order valence-corrected chi connectivity index (χ4v) is 7.39. The summed E-state index contributed by atoms with van der Waals surface area (Å²) in [5.74, 6) is -0.381. The lowest BCUT2D eigenvalue weighted by Crippen LogP contribution is -2.44. The van der Waals surface area contributed by atoms with Gasteiger partial charge in [-0.25, -0.2) is 4.79 Å². The number of fused-ring (bicyclic) bond motifs is 5. The van der Waals surface area contributed by atoms with Crippen LogP contribution in [0.4, 0.5) is 5.69 Å². The quantitative estimate of drug-likeness (QED) is 0.343. The third-order valence-electron chi connectivity index (χ3n) is 9.06. The Labute approximate surface area is 236 Å². The highest BCUT2D eigenvalue weighted by molar-refractivity contribution is 6.31.